The van der Waals surface area contributed by atoms with Crippen molar-refractivity contribution in [3.63, 3.8) is 0 Å². The molecule has 2 rings (SSSR count). The Morgan fingerprint density at radius 2 is 2.11 bits per heavy atom. The van der Waals surface area contributed by atoms with Crippen LogP contribution in [0.15, 0.2) is 35.1 Å². The van der Waals surface area contributed by atoms with Gasteiger partial charge in [-0.2, -0.15) is 5.10 Å². The quantitative estimate of drug-likeness (QED) is 0.890. The number of carboxylic acid groups (broad SMARTS) is 1. The van der Waals surface area contributed by atoms with E-state index in [0.29, 0.717) is 16.6 Å². The molecule has 1 heterocycles. The summed E-state index contributed by atoms with van der Waals surface area (Å²) >= 11 is 3.31. The molecule has 0 fully saturated rings. The van der Waals surface area contributed by atoms with Crippen LogP contribution in [-0.2, 0) is 6.54 Å². The van der Waals surface area contributed by atoms with Crippen molar-refractivity contribution < 1.29 is 14.7 Å². The van der Waals surface area contributed by atoms with Gasteiger partial charge in [0.1, 0.15) is 0 Å². The fraction of sp³-hybridized carbons (Fsp3) is 0.0833. The Bertz CT molecular complexity index is 651. The number of aromatic nitrogens is 2. The largest absolute Gasteiger partial charge is 0.478 e. The molecule has 6 nitrogen and oxygen atoms in total. The van der Waals surface area contributed by atoms with Gasteiger partial charge in [0.25, 0.3) is 5.91 Å². The van der Waals surface area contributed by atoms with Crippen LogP contribution in [0.25, 0.3) is 0 Å². The maximum absolute atomic E-state index is 10.9. The number of halogens is 1. The fourth-order valence-electron chi connectivity index (χ4n) is 1.56. The standard InChI is InChI=1S/C12H10BrN3O3/c13-10-3-7(12(18)19)1-2-8(10)5-16-6-9(4-15-16)11(14)17/h1-4,6H,5H2,(H2,14,17)(H,18,19). The second kappa shape index (κ2) is 5.23. The highest BCUT2D eigenvalue weighted by molar-refractivity contribution is 9.10. The average molecular weight is 324 g/mol. The monoisotopic (exact) mass is 323 g/mol. The summed E-state index contributed by atoms with van der Waals surface area (Å²) in [6.07, 6.45) is 2.93. The summed E-state index contributed by atoms with van der Waals surface area (Å²) in [6, 6.07) is 4.73. The van der Waals surface area contributed by atoms with Crippen molar-refractivity contribution in [2.24, 2.45) is 5.73 Å². The minimum absolute atomic E-state index is 0.203. The number of amides is 1. The summed E-state index contributed by atoms with van der Waals surface area (Å²) < 4.78 is 2.23. The third-order valence-electron chi connectivity index (χ3n) is 2.55. The number of carboxylic acids is 1. The lowest BCUT2D eigenvalue weighted by Gasteiger charge is -2.05. The van der Waals surface area contributed by atoms with Gasteiger partial charge in [-0.05, 0) is 17.7 Å². The van der Waals surface area contributed by atoms with Gasteiger partial charge < -0.3 is 10.8 Å². The molecule has 0 atom stereocenters. The van der Waals surface area contributed by atoms with E-state index in [4.69, 9.17) is 10.8 Å². The van der Waals surface area contributed by atoms with Gasteiger partial charge in [-0.3, -0.25) is 9.48 Å². The first-order valence-electron chi connectivity index (χ1n) is 5.31. The number of carbonyl (C=O) groups is 2. The topological polar surface area (TPSA) is 98.2 Å². The van der Waals surface area contributed by atoms with Crippen molar-refractivity contribution in [1.29, 1.82) is 0 Å². The van der Waals surface area contributed by atoms with Crippen LogP contribution < -0.4 is 5.73 Å². The molecule has 0 aliphatic carbocycles. The molecule has 7 heteroatoms. The van der Waals surface area contributed by atoms with E-state index in [2.05, 4.69) is 21.0 Å². The molecular formula is C12H10BrN3O3. The van der Waals surface area contributed by atoms with Crippen molar-refractivity contribution >= 4 is 27.8 Å². The summed E-state index contributed by atoms with van der Waals surface area (Å²) in [5, 5.41) is 12.9. The molecule has 2 aromatic rings. The summed E-state index contributed by atoms with van der Waals surface area (Å²) in [7, 11) is 0. The first kappa shape index (κ1) is 13.3. The third kappa shape index (κ3) is 3.00. The molecule has 0 saturated carbocycles. The van der Waals surface area contributed by atoms with Gasteiger partial charge in [0.2, 0.25) is 0 Å². The number of carbonyl (C=O) groups excluding carboxylic acids is 1. The zero-order valence-corrected chi connectivity index (χ0v) is 11.3. The normalized spacial score (nSPS) is 10.4. The van der Waals surface area contributed by atoms with Gasteiger partial charge in [0, 0.05) is 10.7 Å². The van der Waals surface area contributed by atoms with E-state index in [9.17, 15) is 9.59 Å². The predicted octanol–water partition coefficient (Wildman–Crippen LogP) is 1.49. The van der Waals surface area contributed by atoms with E-state index in [-0.39, 0.29) is 5.56 Å². The SMILES string of the molecule is NC(=O)c1cnn(Cc2ccc(C(=O)O)cc2Br)c1. The lowest BCUT2D eigenvalue weighted by molar-refractivity contribution is 0.0696. The van der Waals surface area contributed by atoms with Crippen LogP contribution in [0.1, 0.15) is 26.3 Å². The number of primary amides is 1. The highest BCUT2D eigenvalue weighted by Gasteiger charge is 2.09. The van der Waals surface area contributed by atoms with Crippen LogP contribution in [0.5, 0.6) is 0 Å². The van der Waals surface area contributed by atoms with Crippen LogP contribution in [0, 0.1) is 0 Å². The van der Waals surface area contributed by atoms with E-state index in [1.54, 1.807) is 16.9 Å². The molecule has 0 aliphatic heterocycles. The summed E-state index contributed by atoms with van der Waals surface area (Å²) in [4.78, 5) is 21.8. The molecule has 1 aromatic carbocycles. The van der Waals surface area contributed by atoms with Gasteiger partial charge in [0.05, 0.1) is 23.9 Å². The fourth-order valence-corrected chi connectivity index (χ4v) is 2.06. The number of hydrogen-bond acceptors (Lipinski definition) is 3. The van der Waals surface area contributed by atoms with Crippen molar-refractivity contribution in [1.82, 2.24) is 9.78 Å². The van der Waals surface area contributed by atoms with Crippen LogP contribution in [-0.4, -0.2) is 26.8 Å². The molecule has 0 unspecified atom stereocenters. The van der Waals surface area contributed by atoms with Crippen molar-refractivity contribution in [2.75, 3.05) is 0 Å². The Morgan fingerprint density at radius 1 is 1.37 bits per heavy atom. The van der Waals surface area contributed by atoms with Crippen LogP contribution >= 0.6 is 15.9 Å². The maximum Gasteiger partial charge on any atom is 0.335 e. The first-order chi connectivity index (χ1) is 8.97. The zero-order valence-electron chi connectivity index (χ0n) is 9.71. The van der Waals surface area contributed by atoms with Gasteiger partial charge in [-0.15, -0.1) is 0 Å². The Kier molecular flexibility index (Phi) is 3.66. The number of nitrogens with two attached hydrogens (primary N) is 1. The first-order valence-corrected chi connectivity index (χ1v) is 6.10. The molecule has 0 spiro atoms. The van der Waals surface area contributed by atoms with Gasteiger partial charge in [-0.25, -0.2) is 4.79 Å². The molecule has 0 saturated heterocycles. The smallest absolute Gasteiger partial charge is 0.335 e. The van der Waals surface area contributed by atoms with Gasteiger partial charge in [-0.1, -0.05) is 22.0 Å². The summed E-state index contributed by atoms with van der Waals surface area (Å²) in [6.45, 7) is 0.410. The Hall–Kier alpha value is -2.15. The highest BCUT2D eigenvalue weighted by Crippen LogP contribution is 2.19. The number of nitrogens with zero attached hydrogens (tertiary/aromatic N) is 2. The number of benzene rings is 1. The number of rotatable bonds is 4. The summed E-state index contributed by atoms with van der Waals surface area (Å²) in [5.41, 5.74) is 6.52. The van der Waals surface area contributed by atoms with Crippen LogP contribution in [0.4, 0.5) is 0 Å². The van der Waals surface area contributed by atoms with E-state index in [1.807, 2.05) is 0 Å². The average Bonchev–Trinajstić information content (AvgIpc) is 2.80. The molecule has 0 bridgehead atoms. The van der Waals surface area contributed by atoms with Crippen LogP contribution in [0.2, 0.25) is 0 Å². The molecular weight excluding hydrogens is 314 g/mol. The number of aromatic carboxylic acids is 1. The van der Waals surface area contributed by atoms with Crippen LogP contribution in [0.3, 0.4) is 0 Å². The third-order valence-corrected chi connectivity index (χ3v) is 3.29. The summed E-state index contributed by atoms with van der Waals surface area (Å²) in [5.74, 6) is -1.52. The molecule has 1 amide bonds. The Balaban J connectivity index is 2.23. The van der Waals surface area contributed by atoms with E-state index in [0.717, 1.165) is 5.56 Å². The van der Waals surface area contributed by atoms with Crippen molar-refractivity contribution in [3.8, 4) is 0 Å². The zero-order chi connectivity index (χ0) is 14.0. The van der Waals surface area contributed by atoms with E-state index in [1.165, 1.54) is 18.3 Å². The molecule has 0 radical (unpaired) electrons. The lowest BCUT2D eigenvalue weighted by Crippen LogP contribution is -2.09. The van der Waals surface area contributed by atoms with E-state index < -0.39 is 11.9 Å². The lowest BCUT2D eigenvalue weighted by atomic mass is 10.1. The Labute approximate surface area is 117 Å². The molecule has 3 N–H and O–H groups in total. The van der Waals surface area contributed by atoms with Crippen molar-refractivity contribution in [3.05, 3.63) is 51.8 Å². The second-order valence-electron chi connectivity index (χ2n) is 3.90. The van der Waals surface area contributed by atoms with Gasteiger partial charge in [0.15, 0.2) is 0 Å². The molecule has 19 heavy (non-hydrogen) atoms. The molecule has 1 aromatic heterocycles. The Morgan fingerprint density at radius 3 is 2.63 bits per heavy atom. The second-order valence-corrected chi connectivity index (χ2v) is 4.76. The predicted molar refractivity (Wildman–Crippen MR) is 70.9 cm³/mol. The van der Waals surface area contributed by atoms with Crippen molar-refractivity contribution in [2.45, 2.75) is 6.54 Å². The molecule has 0 aliphatic rings. The maximum atomic E-state index is 10.9. The van der Waals surface area contributed by atoms with E-state index >= 15 is 0 Å². The minimum atomic E-state index is -0.984. The van der Waals surface area contributed by atoms with Gasteiger partial charge >= 0.3 is 5.97 Å². The highest BCUT2D eigenvalue weighted by atomic mass is 79.9. The molecule has 98 valence electrons. The number of hydrogen-bond donors (Lipinski definition) is 2. The minimum Gasteiger partial charge on any atom is -0.478 e.